The molecule has 1 amide bonds. The van der Waals surface area contributed by atoms with Crippen LogP contribution in [0.25, 0.3) is 10.8 Å². The third-order valence-corrected chi connectivity index (χ3v) is 6.70. The van der Waals surface area contributed by atoms with Crippen LogP contribution in [0.15, 0.2) is 84.9 Å². The summed E-state index contributed by atoms with van der Waals surface area (Å²) < 4.78 is 0. The molecule has 1 aliphatic heterocycles. The Balaban J connectivity index is 1.32. The van der Waals surface area contributed by atoms with Gasteiger partial charge in [0.2, 0.25) is 5.91 Å². The van der Waals surface area contributed by atoms with Crippen LogP contribution in [0.5, 0.6) is 0 Å². The molecule has 4 nitrogen and oxygen atoms in total. The number of benzene rings is 4. The molecular weight excluding hydrogens is 418 g/mol. The molecule has 5 rings (SSSR count). The standard InChI is InChI=1S/C30H27N3O/c1-32(27-14-13-24-5-2-3-6-25(24)19-27)28-15-16-29-26(20-28)7-4-18-33(29)30(34)17-12-22-8-10-23(21-31)11-9-22/h2-3,5-6,8-11,13-16,19-20H,4,7,12,17-18H2,1H3. The number of fused-ring (bicyclic) bond motifs is 2. The number of hydrogen-bond donors (Lipinski definition) is 0. The second-order valence-corrected chi connectivity index (χ2v) is 8.86. The lowest BCUT2D eigenvalue weighted by molar-refractivity contribution is -0.118. The zero-order chi connectivity index (χ0) is 23.5. The number of anilines is 3. The van der Waals surface area contributed by atoms with Gasteiger partial charge < -0.3 is 9.80 Å². The van der Waals surface area contributed by atoms with Crippen LogP contribution in [0.3, 0.4) is 0 Å². The fraction of sp³-hybridized carbons (Fsp3) is 0.200. The second kappa shape index (κ2) is 9.41. The average molecular weight is 446 g/mol. The van der Waals surface area contributed by atoms with Gasteiger partial charge in [-0.2, -0.15) is 5.26 Å². The van der Waals surface area contributed by atoms with Crippen molar-refractivity contribution in [1.29, 1.82) is 5.26 Å². The maximum Gasteiger partial charge on any atom is 0.227 e. The molecule has 0 unspecified atom stereocenters. The number of hydrogen-bond acceptors (Lipinski definition) is 3. The van der Waals surface area contributed by atoms with Crippen LogP contribution in [0, 0.1) is 11.3 Å². The van der Waals surface area contributed by atoms with E-state index in [-0.39, 0.29) is 5.91 Å². The molecule has 0 saturated carbocycles. The number of rotatable bonds is 5. The third kappa shape index (κ3) is 4.38. The predicted octanol–water partition coefficient (Wildman–Crippen LogP) is 6.39. The molecule has 0 atom stereocenters. The summed E-state index contributed by atoms with van der Waals surface area (Å²) in [6, 6.07) is 31.0. The fourth-order valence-electron chi connectivity index (χ4n) is 4.72. The quantitative estimate of drug-likeness (QED) is 0.357. The Morgan fingerprint density at radius 2 is 1.68 bits per heavy atom. The zero-order valence-electron chi connectivity index (χ0n) is 19.4. The first-order chi connectivity index (χ1) is 16.6. The first kappa shape index (κ1) is 21.7. The largest absolute Gasteiger partial charge is 0.345 e. The first-order valence-electron chi connectivity index (χ1n) is 11.8. The average Bonchev–Trinajstić information content (AvgIpc) is 2.90. The van der Waals surface area contributed by atoms with E-state index in [0.29, 0.717) is 18.4 Å². The number of carbonyl (C=O) groups excluding carboxylic acids is 1. The van der Waals surface area contributed by atoms with E-state index < -0.39 is 0 Å². The lowest BCUT2D eigenvalue weighted by Gasteiger charge is -2.31. The number of nitriles is 1. The lowest BCUT2D eigenvalue weighted by Crippen LogP contribution is -2.35. The van der Waals surface area contributed by atoms with E-state index >= 15 is 0 Å². The van der Waals surface area contributed by atoms with Gasteiger partial charge in [0, 0.05) is 37.1 Å². The smallest absolute Gasteiger partial charge is 0.227 e. The van der Waals surface area contributed by atoms with Gasteiger partial charge >= 0.3 is 0 Å². The minimum absolute atomic E-state index is 0.154. The molecule has 4 aromatic carbocycles. The van der Waals surface area contributed by atoms with Crippen molar-refractivity contribution in [3.8, 4) is 6.07 Å². The summed E-state index contributed by atoms with van der Waals surface area (Å²) in [7, 11) is 2.09. The summed E-state index contributed by atoms with van der Waals surface area (Å²) in [6.45, 7) is 0.763. The molecule has 34 heavy (non-hydrogen) atoms. The predicted molar refractivity (Wildman–Crippen MR) is 139 cm³/mol. The highest BCUT2D eigenvalue weighted by atomic mass is 16.2. The van der Waals surface area contributed by atoms with Crippen LogP contribution in [0.1, 0.15) is 29.5 Å². The van der Waals surface area contributed by atoms with Crippen LogP contribution in [-0.4, -0.2) is 19.5 Å². The summed E-state index contributed by atoms with van der Waals surface area (Å²) in [5.74, 6) is 0.154. The van der Waals surface area contributed by atoms with Gasteiger partial charge in [0.1, 0.15) is 0 Å². The van der Waals surface area contributed by atoms with E-state index in [1.165, 1.54) is 16.3 Å². The van der Waals surface area contributed by atoms with E-state index in [4.69, 9.17) is 5.26 Å². The van der Waals surface area contributed by atoms with Crippen LogP contribution < -0.4 is 9.80 Å². The van der Waals surface area contributed by atoms with Gasteiger partial charge in [-0.15, -0.1) is 0 Å². The molecule has 4 aromatic rings. The Bertz CT molecular complexity index is 1380. The van der Waals surface area contributed by atoms with Crippen molar-refractivity contribution in [1.82, 2.24) is 0 Å². The van der Waals surface area contributed by atoms with Crippen molar-refractivity contribution < 1.29 is 4.79 Å². The maximum absolute atomic E-state index is 13.1. The molecule has 0 N–H and O–H groups in total. The zero-order valence-corrected chi connectivity index (χ0v) is 19.4. The Hall–Kier alpha value is -4.10. The van der Waals surface area contributed by atoms with Crippen LogP contribution in [0.2, 0.25) is 0 Å². The molecule has 0 radical (unpaired) electrons. The highest BCUT2D eigenvalue weighted by Gasteiger charge is 2.23. The maximum atomic E-state index is 13.1. The molecule has 0 saturated heterocycles. The third-order valence-electron chi connectivity index (χ3n) is 6.70. The van der Waals surface area contributed by atoms with Gasteiger partial charge in [0.25, 0.3) is 0 Å². The molecule has 1 heterocycles. The molecule has 168 valence electrons. The number of aryl methyl sites for hydroxylation is 2. The molecule has 0 aliphatic carbocycles. The highest BCUT2D eigenvalue weighted by Crippen LogP contribution is 2.34. The van der Waals surface area contributed by atoms with E-state index in [0.717, 1.165) is 42.0 Å². The van der Waals surface area contributed by atoms with Gasteiger partial charge in [0.05, 0.1) is 11.6 Å². The van der Waals surface area contributed by atoms with Crippen molar-refractivity contribution in [2.75, 3.05) is 23.4 Å². The van der Waals surface area contributed by atoms with Gasteiger partial charge in [-0.25, -0.2) is 0 Å². The summed E-state index contributed by atoms with van der Waals surface area (Å²) in [4.78, 5) is 17.2. The van der Waals surface area contributed by atoms with E-state index in [1.54, 1.807) is 0 Å². The molecule has 0 fully saturated rings. The van der Waals surface area contributed by atoms with E-state index in [1.807, 2.05) is 29.2 Å². The molecule has 4 heteroatoms. The minimum atomic E-state index is 0.154. The molecule has 0 bridgehead atoms. The Kier molecular flexibility index (Phi) is 6.01. The van der Waals surface area contributed by atoms with Crippen LogP contribution >= 0.6 is 0 Å². The second-order valence-electron chi connectivity index (χ2n) is 8.86. The van der Waals surface area contributed by atoms with Crippen molar-refractivity contribution in [2.45, 2.75) is 25.7 Å². The summed E-state index contributed by atoms with van der Waals surface area (Å²) >= 11 is 0. The Labute approximate surface area is 200 Å². The van der Waals surface area contributed by atoms with Crippen molar-refractivity contribution in [2.24, 2.45) is 0 Å². The summed E-state index contributed by atoms with van der Waals surface area (Å²) in [5.41, 5.74) is 6.25. The van der Waals surface area contributed by atoms with Gasteiger partial charge in [-0.1, -0.05) is 42.5 Å². The van der Waals surface area contributed by atoms with E-state index in [9.17, 15) is 4.79 Å². The molecule has 0 aromatic heterocycles. The summed E-state index contributed by atoms with van der Waals surface area (Å²) in [6.07, 6.45) is 3.09. The van der Waals surface area contributed by atoms with E-state index in [2.05, 4.69) is 78.7 Å². The van der Waals surface area contributed by atoms with Crippen molar-refractivity contribution in [3.05, 3.63) is 102 Å². The number of amides is 1. The SMILES string of the molecule is CN(c1ccc2c(c1)CCCN2C(=O)CCc1ccc(C#N)cc1)c1ccc2ccccc2c1. The first-order valence-corrected chi connectivity index (χ1v) is 11.8. The lowest BCUT2D eigenvalue weighted by atomic mass is 9.99. The highest BCUT2D eigenvalue weighted by molar-refractivity contribution is 5.95. The topological polar surface area (TPSA) is 47.3 Å². The molecule has 1 aliphatic rings. The fourth-order valence-corrected chi connectivity index (χ4v) is 4.72. The molecule has 0 spiro atoms. The Morgan fingerprint density at radius 1 is 0.941 bits per heavy atom. The summed E-state index contributed by atoms with van der Waals surface area (Å²) in [5, 5.41) is 11.4. The van der Waals surface area contributed by atoms with Gasteiger partial charge in [-0.3, -0.25) is 4.79 Å². The van der Waals surface area contributed by atoms with Crippen molar-refractivity contribution in [3.63, 3.8) is 0 Å². The number of carbonyl (C=O) groups is 1. The minimum Gasteiger partial charge on any atom is -0.345 e. The van der Waals surface area contributed by atoms with Gasteiger partial charge in [0.15, 0.2) is 0 Å². The van der Waals surface area contributed by atoms with Crippen LogP contribution in [-0.2, 0) is 17.6 Å². The molecular formula is C30H27N3O. The van der Waals surface area contributed by atoms with Gasteiger partial charge in [-0.05, 0) is 83.6 Å². The normalized spacial score (nSPS) is 12.8. The van der Waals surface area contributed by atoms with Crippen LogP contribution in [0.4, 0.5) is 17.1 Å². The Morgan fingerprint density at radius 3 is 2.47 bits per heavy atom. The van der Waals surface area contributed by atoms with Crippen molar-refractivity contribution >= 4 is 33.7 Å². The number of nitrogens with zero attached hydrogens (tertiary/aromatic N) is 3. The monoisotopic (exact) mass is 445 g/mol.